The smallest absolute Gasteiger partial charge is 0.232 e. The average Bonchev–Trinajstić information content (AvgIpc) is 2.38. The number of nitrogen functional groups attached to an aromatic ring is 1. The van der Waals surface area contributed by atoms with Gasteiger partial charge in [0, 0.05) is 36.7 Å². The summed E-state index contributed by atoms with van der Waals surface area (Å²) in [5, 5.41) is 0. The zero-order valence-corrected chi connectivity index (χ0v) is 13.6. The molecule has 0 atom stereocenters. The average molecular weight is 296 g/mol. The van der Waals surface area contributed by atoms with Crippen molar-refractivity contribution in [3.8, 4) is 0 Å². The quantitative estimate of drug-likeness (QED) is 0.905. The Morgan fingerprint density at radius 1 is 1.25 bits per heavy atom. The second-order valence-electron chi connectivity index (χ2n) is 5.50. The third-order valence-corrected chi connectivity index (χ3v) is 4.68. The topological polar surface area (TPSA) is 71.2 Å². The van der Waals surface area contributed by atoms with Crippen molar-refractivity contribution in [3.63, 3.8) is 0 Å². The van der Waals surface area contributed by atoms with Crippen LogP contribution >= 0.6 is 11.8 Å². The summed E-state index contributed by atoms with van der Waals surface area (Å²) in [6, 6.07) is 0. The number of aromatic nitrogens is 3. The van der Waals surface area contributed by atoms with Gasteiger partial charge in [-0.2, -0.15) is 26.7 Å². The zero-order chi connectivity index (χ0) is 14.8. The maximum atomic E-state index is 5.86. The Kier molecular flexibility index (Phi) is 4.57. The minimum absolute atomic E-state index is 0.217. The number of hydrogen-bond donors (Lipinski definition) is 1. The van der Waals surface area contributed by atoms with E-state index < -0.39 is 0 Å². The lowest BCUT2D eigenvalue weighted by Gasteiger charge is -2.37. The SMILES string of the molecule is CCN(CC)c1nc(N)nc(N2CCSC(C)(C)C2)n1. The van der Waals surface area contributed by atoms with Crippen LogP contribution in [-0.4, -0.2) is 51.6 Å². The lowest BCUT2D eigenvalue weighted by Crippen LogP contribution is -2.44. The molecule has 1 aliphatic rings. The van der Waals surface area contributed by atoms with Gasteiger partial charge < -0.3 is 15.5 Å². The van der Waals surface area contributed by atoms with E-state index in [0.717, 1.165) is 31.9 Å². The summed E-state index contributed by atoms with van der Waals surface area (Å²) in [5.41, 5.74) is 5.86. The van der Waals surface area contributed by atoms with Crippen LogP contribution in [0, 0.1) is 0 Å². The standard InChI is InChI=1S/C13H24N6S/c1-5-18(6-2)11-15-10(14)16-12(17-11)19-7-8-20-13(3,4)9-19/h5-9H2,1-4H3,(H2,14,15,16,17). The molecular formula is C13H24N6S. The molecule has 0 saturated carbocycles. The minimum atomic E-state index is 0.217. The second kappa shape index (κ2) is 6.03. The fraction of sp³-hybridized carbons (Fsp3) is 0.769. The molecular weight excluding hydrogens is 272 g/mol. The maximum absolute atomic E-state index is 5.86. The van der Waals surface area contributed by atoms with Gasteiger partial charge in [-0.1, -0.05) is 0 Å². The van der Waals surface area contributed by atoms with Gasteiger partial charge in [-0.05, 0) is 27.7 Å². The summed E-state index contributed by atoms with van der Waals surface area (Å²) >= 11 is 1.99. The van der Waals surface area contributed by atoms with Gasteiger partial charge in [-0.15, -0.1) is 0 Å². The molecule has 1 aromatic rings. The maximum Gasteiger partial charge on any atom is 0.232 e. The number of rotatable bonds is 4. The molecule has 1 fully saturated rings. The molecule has 2 heterocycles. The van der Waals surface area contributed by atoms with Crippen LogP contribution in [-0.2, 0) is 0 Å². The van der Waals surface area contributed by atoms with Gasteiger partial charge in [0.05, 0.1) is 0 Å². The Bertz CT molecular complexity index is 460. The van der Waals surface area contributed by atoms with E-state index in [-0.39, 0.29) is 4.75 Å². The van der Waals surface area contributed by atoms with E-state index in [1.54, 1.807) is 0 Å². The van der Waals surface area contributed by atoms with Crippen molar-refractivity contribution >= 4 is 29.6 Å². The predicted molar refractivity (Wildman–Crippen MR) is 86.6 cm³/mol. The molecule has 0 amide bonds. The summed E-state index contributed by atoms with van der Waals surface area (Å²) in [4.78, 5) is 17.5. The first-order chi connectivity index (χ1) is 9.45. The van der Waals surface area contributed by atoms with E-state index in [4.69, 9.17) is 5.73 Å². The normalized spacial score (nSPS) is 18.1. The lowest BCUT2D eigenvalue weighted by atomic mass is 10.2. The third kappa shape index (κ3) is 3.45. The van der Waals surface area contributed by atoms with Crippen molar-refractivity contribution in [1.82, 2.24) is 15.0 Å². The second-order valence-corrected chi connectivity index (χ2v) is 7.30. The van der Waals surface area contributed by atoms with Crippen molar-refractivity contribution < 1.29 is 0 Å². The van der Waals surface area contributed by atoms with E-state index in [2.05, 4.69) is 52.4 Å². The Hall–Kier alpha value is -1.24. The number of hydrogen-bond acceptors (Lipinski definition) is 7. The van der Waals surface area contributed by atoms with Gasteiger partial charge in [-0.25, -0.2) is 0 Å². The summed E-state index contributed by atoms with van der Waals surface area (Å²) in [6.45, 7) is 12.3. The van der Waals surface area contributed by atoms with E-state index in [9.17, 15) is 0 Å². The molecule has 6 nitrogen and oxygen atoms in total. The van der Waals surface area contributed by atoms with Crippen molar-refractivity contribution in [2.45, 2.75) is 32.4 Å². The van der Waals surface area contributed by atoms with Crippen LogP contribution in [0.25, 0.3) is 0 Å². The van der Waals surface area contributed by atoms with Crippen LogP contribution in [0.3, 0.4) is 0 Å². The zero-order valence-electron chi connectivity index (χ0n) is 12.8. The molecule has 0 radical (unpaired) electrons. The molecule has 20 heavy (non-hydrogen) atoms. The minimum Gasteiger partial charge on any atom is -0.368 e. The highest BCUT2D eigenvalue weighted by molar-refractivity contribution is 8.00. The van der Waals surface area contributed by atoms with Crippen LogP contribution in [0.2, 0.25) is 0 Å². The largest absolute Gasteiger partial charge is 0.368 e. The first-order valence-electron chi connectivity index (χ1n) is 7.10. The molecule has 1 saturated heterocycles. The molecule has 0 bridgehead atoms. The van der Waals surface area contributed by atoms with Gasteiger partial charge in [0.2, 0.25) is 17.8 Å². The van der Waals surface area contributed by atoms with Crippen LogP contribution in [0.1, 0.15) is 27.7 Å². The van der Waals surface area contributed by atoms with Crippen molar-refractivity contribution in [3.05, 3.63) is 0 Å². The highest BCUT2D eigenvalue weighted by atomic mass is 32.2. The third-order valence-electron chi connectivity index (χ3n) is 3.38. The lowest BCUT2D eigenvalue weighted by molar-refractivity contribution is 0.633. The van der Waals surface area contributed by atoms with Gasteiger partial charge in [0.1, 0.15) is 0 Å². The predicted octanol–water partition coefficient (Wildman–Crippen LogP) is 1.63. The highest BCUT2D eigenvalue weighted by Crippen LogP contribution is 2.31. The van der Waals surface area contributed by atoms with Crippen molar-refractivity contribution in [2.75, 3.05) is 47.5 Å². The van der Waals surface area contributed by atoms with Gasteiger partial charge in [0.15, 0.2) is 0 Å². The van der Waals surface area contributed by atoms with E-state index in [1.165, 1.54) is 0 Å². The summed E-state index contributed by atoms with van der Waals surface area (Å²) < 4.78 is 0.217. The van der Waals surface area contributed by atoms with E-state index >= 15 is 0 Å². The highest BCUT2D eigenvalue weighted by Gasteiger charge is 2.29. The molecule has 0 spiro atoms. The molecule has 2 N–H and O–H groups in total. The molecule has 0 aliphatic carbocycles. The summed E-state index contributed by atoms with van der Waals surface area (Å²) in [7, 11) is 0. The van der Waals surface area contributed by atoms with Crippen LogP contribution < -0.4 is 15.5 Å². The summed E-state index contributed by atoms with van der Waals surface area (Å²) in [5.74, 6) is 2.76. The van der Waals surface area contributed by atoms with Crippen LogP contribution in [0.4, 0.5) is 17.8 Å². The van der Waals surface area contributed by atoms with Crippen molar-refractivity contribution in [2.24, 2.45) is 0 Å². The van der Waals surface area contributed by atoms with Crippen LogP contribution in [0.15, 0.2) is 0 Å². The first-order valence-corrected chi connectivity index (χ1v) is 8.09. The number of thioether (sulfide) groups is 1. The monoisotopic (exact) mass is 296 g/mol. The first kappa shape index (κ1) is 15.2. The van der Waals surface area contributed by atoms with E-state index in [0.29, 0.717) is 17.8 Å². The summed E-state index contributed by atoms with van der Waals surface area (Å²) in [6.07, 6.45) is 0. The van der Waals surface area contributed by atoms with Crippen molar-refractivity contribution in [1.29, 1.82) is 0 Å². The Morgan fingerprint density at radius 2 is 1.95 bits per heavy atom. The number of nitrogens with zero attached hydrogens (tertiary/aromatic N) is 5. The van der Waals surface area contributed by atoms with Crippen LogP contribution in [0.5, 0.6) is 0 Å². The van der Waals surface area contributed by atoms with Gasteiger partial charge >= 0.3 is 0 Å². The molecule has 1 aromatic heterocycles. The van der Waals surface area contributed by atoms with E-state index in [1.807, 2.05) is 11.8 Å². The number of anilines is 3. The Morgan fingerprint density at radius 3 is 2.55 bits per heavy atom. The molecule has 112 valence electrons. The molecule has 7 heteroatoms. The Balaban J connectivity index is 2.27. The fourth-order valence-corrected chi connectivity index (χ4v) is 3.46. The van der Waals surface area contributed by atoms with Gasteiger partial charge in [-0.3, -0.25) is 0 Å². The van der Waals surface area contributed by atoms with Gasteiger partial charge in [0.25, 0.3) is 0 Å². The number of nitrogens with two attached hydrogens (primary N) is 1. The molecule has 1 aliphatic heterocycles. The molecule has 2 rings (SSSR count). The Labute approximate surface area is 125 Å². The fourth-order valence-electron chi connectivity index (χ4n) is 2.35. The molecule has 0 unspecified atom stereocenters. The molecule has 0 aromatic carbocycles.